The van der Waals surface area contributed by atoms with Gasteiger partial charge in [0.1, 0.15) is 6.61 Å². The standard InChI is InChI=1S/C26H24N2O4/c1-31-22-11-16(7-10-21(22)32-14-15-5-3-2-4-6-15)13-27-28-25(29)23-17-8-9-18(20-12-19(17)20)24(23)26(28)30/h2-11,13,17-20,23-24H,12,14H2,1H3/b27-13-/t17-,18-,19-,20-,23+,24+/m1/s1. The highest BCUT2D eigenvalue weighted by atomic mass is 16.5. The number of nitrogens with zero attached hydrogens (tertiary/aromatic N) is 2. The minimum atomic E-state index is -0.235. The Bertz CT molecular complexity index is 1110. The van der Waals surface area contributed by atoms with E-state index >= 15 is 0 Å². The van der Waals surface area contributed by atoms with Crippen LogP contribution in [-0.4, -0.2) is 30.1 Å². The predicted octanol–water partition coefficient (Wildman–Crippen LogP) is 3.66. The van der Waals surface area contributed by atoms with E-state index in [4.69, 9.17) is 9.47 Å². The van der Waals surface area contributed by atoms with Crippen LogP contribution in [0.25, 0.3) is 0 Å². The maximum absolute atomic E-state index is 13.0. The Morgan fingerprint density at radius 1 is 0.969 bits per heavy atom. The maximum Gasteiger partial charge on any atom is 0.254 e. The van der Waals surface area contributed by atoms with Crippen molar-refractivity contribution in [1.29, 1.82) is 0 Å². The molecule has 6 atom stereocenters. The zero-order valence-electron chi connectivity index (χ0n) is 17.8. The van der Waals surface area contributed by atoms with E-state index in [1.165, 1.54) is 0 Å². The number of carbonyl (C=O) groups is 2. The van der Waals surface area contributed by atoms with E-state index in [9.17, 15) is 9.59 Å². The van der Waals surface area contributed by atoms with Crippen molar-refractivity contribution in [2.24, 2.45) is 40.6 Å². The second-order valence-electron chi connectivity index (χ2n) is 9.07. The first kappa shape index (κ1) is 19.3. The average Bonchev–Trinajstić information content (AvgIpc) is 3.61. The summed E-state index contributed by atoms with van der Waals surface area (Å²) in [7, 11) is 1.58. The summed E-state index contributed by atoms with van der Waals surface area (Å²) in [4.78, 5) is 26.1. The molecule has 2 bridgehead atoms. The molecule has 2 amide bonds. The fraction of sp³-hybridized carbons (Fsp3) is 0.346. The van der Waals surface area contributed by atoms with Crippen molar-refractivity contribution < 1.29 is 19.1 Å². The van der Waals surface area contributed by atoms with Gasteiger partial charge in [0, 0.05) is 0 Å². The summed E-state index contributed by atoms with van der Waals surface area (Å²) in [6.45, 7) is 0.433. The third-order valence-corrected chi connectivity index (χ3v) is 7.39. The van der Waals surface area contributed by atoms with Crippen molar-refractivity contribution in [3.63, 3.8) is 0 Å². The molecule has 0 unspecified atom stereocenters. The van der Waals surface area contributed by atoms with Crippen LogP contribution in [0.2, 0.25) is 0 Å². The van der Waals surface area contributed by atoms with E-state index in [1.807, 2.05) is 42.5 Å². The maximum atomic E-state index is 13.0. The Balaban J connectivity index is 1.18. The van der Waals surface area contributed by atoms with Crippen molar-refractivity contribution in [2.45, 2.75) is 13.0 Å². The number of imide groups is 1. The molecule has 2 saturated carbocycles. The molecule has 4 aliphatic carbocycles. The topological polar surface area (TPSA) is 68.2 Å². The molecule has 2 aromatic carbocycles. The number of hydrogen-bond acceptors (Lipinski definition) is 5. The molecule has 2 aromatic rings. The van der Waals surface area contributed by atoms with Gasteiger partial charge in [-0.1, -0.05) is 42.5 Å². The van der Waals surface area contributed by atoms with Crippen LogP contribution in [0.4, 0.5) is 0 Å². The first-order valence-electron chi connectivity index (χ1n) is 11.1. The number of amides is 2. The highest BCUT2D eigenvalue weighted by molar-refractivity contribution is 6.06. The van der Waals surface area contributed by atoms with Gasteiger partial charge < -0.3 is 9.47 Å². The van der Waals surface area contributed by atoms with Crippen LogP contribution in [0.5, 0.6) is 11.5 Å². The van der Waals surface area contributed by atoms with Crippen LogP contribution in [0, 0.1) is 35.5 Å². The van der Waals surface area contributed by atoms with E-state index in [2.05, 4.69) is 17.3 Å². The first-order valence-corrected chi connectivity index (χ1v) is 11.1. The van der Waals surface area contributed by atoms with Crippen LogP contribution in [-0.2, 0) is 16.2 Å². The molecule has 6 nitrogen and oxygen atoms in total. The van der Waals surface area contributed by atoms with Gasteiger partial charge in [-0.05, 0) is 59.4 Å². The van der Waals surface area contributed by atoms with E-state index in [-0.39, 0.29) is 35.5 Å². The molecule has 1 heterocycles. The van der Waals surface area contributed by atoms with Crippen LogP contribution < -0.4 is 9.47 Å². The van der Waals surface area contributed by atoms with Gasteiger partial charge in [-0.15, -0.1) is 0 Å². The predicted molar refractivity (Wildman–Crippen MR) is 118 cm³/mol. The Morgan fingerprint density at radius 3 is 2.31 bits per heavy atom. The zero-order valence-corrected chi connectivity index (χ0v) is 17.8. The summed E-state index contributed by atoms with van der Waals surface area (Å²) >= 11 is 0. The Kier molecular flexibility index (Phi) is 4.42. The summed E-state index contributed by atoms with van der Waals surface area (Å²) < 4.78 is 11.4. The van der Waals surface area contributed by atoms with Gasteiger partial charge >= 0.3 is 0 Å². The molecule has 0 radical (unpaired) electrons. The lowest BCUT2D eigenvalue weighted by molar-refractivity contribution is -0.140. The van der Waals surface area contributed by atoms with Crippen molar-refractivity contribution in [2.75, 3.05) is 7.11 Å². The molecule has 0 aromatic heterocycles. The van der Waals surface area contributed by atoms with Crippen LogP contribution >= 0.6 is 0 Å². The number of hydrogen-bond donors (Lipinski definition) is 0. The molecule has 7 rings (SSSR count). The van der Waals surface area contributed by atoms with Gasteiger partial charge in [0.15, 0.2) is 11.5 Å². The average molecular weight is 428 g/mol. The second kappa shape index (κ2) is 7.33. The van der Waals surface area contributed by atoms with Crippen molar-refractivity contribution in [1.82, 2.24) is 5.01 Å². The third-order valence-electron chi connectivity index (χ3n) is 7.39. The van der Waals surface area contributed by atoms with Gasteiger partial charge in [-0.25, -0.2) is 0 Å². The fourth-order valence-corrected chi connectivity index (χ4v) is 5.80. The van der Waals surface area contributed by atoms with Gasteiger partial charge in [0.25, 0.3) is 11.8 Å². The molecule has 3 fully saturated rings. The Morgan fingerprint density at radius 2 is 1.66 bits per heavy atom. The van der Waals surface area contributed by atoms with Crippen molar-refractivity contribution in [3.8, 4) is 11.5 Å². The smallest absolute Gasteiger partial charge is 0.254 e. The molecular formula is C26H24N2O4. The largest absolute Gasteiger partial charge is 0.493 e. The van der Waals surface area contributed by atoms with Gasteiger partial charge in [-0.2, -0.15) is 10.1 Å². The Labute approximate surface area is 186 Å². The summed E-state index contributed by atoms with van der Waals surface area (Å²) in [6, 6.07) is 15.4. The molecule has 5 aliphatic rings. The molecular weight excluding hydrogens is 404 g/mol. The molecule has 1 aliphatic heterocycles. The molecule has 1 saturated heterocycles. The summed E-state index contributed by atoms with van der Waals surface area (Å²) in [5.41, 5.74) is 1.79. The molecule has 0 N–H and O–H groups in total. The second-order valence-corrected chi connectivity index (χ2v) is 9.07. The summed E-state index contributed by atoms with van der Waals surface area (Å²) in [6.07, 6.45) is 7.03. The lowest BCUT2D eigenvalue weighted by atomic mass is 9.63. The van der Waals surface area contributed by atoms with E-state index in [0.29, 0.717) is 29.9 Å². The van der Waals surface area contributed by atoms with Crippen molar-refractivity contribution >= 4 is 18.0 Å². The minimum Gasteiger partial charge on any atom is -0.493 e. The molecule has 0 spiro atoms. The van der Waals surface area contributed by atoms with Gasteiger partial charge in [-0.3, -0.25) is 9.59 Å². The highest BCUT2D eigenvalue weighted by Gasteiger charge is 2.67. The first-order chi connectivity index (χ1) is 15.7. The third kappa shape index (κ3) is 2.97. The van der Waals surface area contributed by atoms with E-state index in [0.717, 1.165) is 22.6 Å². The number of ether oxygens (including phenoxy) is 2. The zero-order chi connectivity index (χ0) is 21.8. The monoisotopic (exact) mass is 428 g/mol. The molecule has 162 valence electrons. The van der Waals surface area contributed by atoms with Gasteiger partial charge in [0.05, 0.1) is 25.2 Å². The lowest BCUT2D eigenvalue weighted by Crippen LogP contribution is -2.40. The molecule has 32 heavy (non-hydrogen) atoms. The highest BCUT2D eigenvalue weighted by Crippen LogP contribution is 2.65. The number of allylic oxidation sites excluding steroid dienone is 2. The number of methoxy groups -OCH3 is 1. The normalized spacial score (nSPS) is 31.7. The summed E-state index contributed by atoms with van der Waals surface area (Å²) in [5, 5.41) is 5.40. The minimum absolute atomic E-state index is 0.157. The van der Waals surface area contributed by atoms with Crippen LogP contribution in [0.1, 0.15) is 17.5 Å². The summed E-state index contributed by atoms with van der Waals surface area (Å²) in [5.74, 6) is 1.98. The van der Waals surface area contributed by atoms with Gasteiger partial charge in [0.2, 0.25) is 0 Å². The number of hydrazone groups is 1. The lowest BCUT2D eigenvalue weighted by Gasteiger charge is -2.37. The number of carbonyl (C=O) groups excluding carboxylic acids is 2. The van der Waals surface area contributed by atoms with Crippen LogP contribution in [0.3, 0.4) is 0 Å². The SMILES string of the molecule is COc1cc(/C=N\N2C(=O)[C@H]3[C@@H]4C=C[C@H]([C@H]5C[C@H]45)[C@@H]3C2=O)ccc1OCc1ccccc1. The quantitative estimate of drug-likeness (QED) is 0.400. The number of benzene rings is 2. The van der Waals surface area contributed by atoms with E-state index in [1.54, 1.807) is 19.4 Å². The molecule has 6 heteroatoms. The Hall–Kier alpha value is -3.41. The number of rotatable bonds is 6. The fourth-order valence-electron chi connectivity index (χ4n) is 5.80. The van der Waals surface area contributed by atoms with Crippen LogP contribution in [0.15, 0.2) is 65.8 Å². The van der Waals surface area contributed by atoms with Crippen molar-refractivity contribution in [3.05, 3.63) is 71.8 Å². The van der Waals surface area contributed by atoms with E-state index < -0.39 is 0 Å².